The number of unbranched alkanes of at least 4 members (excludes halogenated alkanes) is 1. The van der Waals surface area contributed by atoms with Gasteiger partial charge in [-0.05, 0) is 44.7 Å². The third-order valence-corrected chi connectivity index (χ3v) is 3.94. The van der Waals surface area contributed by atoms with Gasteiger partial charge in [0.05, 0.1) is 12.7 Å². The van der Waals surface area contributed by atoms with Gasteiger partial charge < -0.3 is 14.7 Å². The van der Waals surface area contributed by atoms with E-state index in [2.05, 4.69) is 18.7 Å². The number of hydrogen-bond donors (Lipinski definition) is 1. The average molecular weight is 257 g/mol. The molecule has 0 aromatic heterocycles. The van der Waals surface area contributed by atoms with Crippen LogP contribution in [-0.2, 0) is 4.74 Å². The molecule has 3 nitrogen and oxygen atoms in total. The van der Waals surface area contributed by atoms with Crippen molar-refractivity contribution in [1.29, 1.82) is 0 Å². The number of aliphatic hydroxyl groups excluding tert-OH is 1. The quantitative estimate of drug-likeness (QED) is 0.679. The predicted molar refractivity (Wildman–Crippen MR) is 75.8 cm³/mol. The van der Waals surface area contributed by atoms with E-state index in [1.165, 1.54) is 25.7 Å². The van der Waals surface area contributed by atoms with Gasteiger partial charge in [0.2, 0.25) is 0 Å². The molecule has 1 fully saturated rings. The number of β-amino-alcohol motifs (C(OH)–C–C–N with tert-alkyl or cyclic N) is 1. The summed E-state index contributed by atoms with van der Waals surface area (Å²) in [5, 5.41) is 9.95. The molecular formula is C15H31NO2. The molecule has 1 N–H and O–H groups in total. The Morgan fingerprint density at radius 2 is 2.11 bits per heavy atom. The fraction of sp³-hybridized carbons (Fsp3) is 1.00. The predicted octanol–water partition coefficient (Wildman–Crippen LogP) is 2.68. The molecule has 1 aliphatic rings. The lowest BCUT2D eigenvalue weighted by Crippen LogP contribution is -2.35. The lowest BCUT2D eigenvalue weighted by Gasteiger charge is -2.23. The van der Waals surface area contributed by atoms with Crippen molar-refractivity contribution >= 4 is 0 Å². The van der Waals surface area contributed by atoms with Crippen LogP contribution in [0.3, 0.4) is 0 Å². The van der Waals surface area contributed by atoms with Crippen LogP contribution in [0.2, 0.25) is 0 Å². The summed E-state index contributed by atoms with van der Waals surface area (Å²) < 4.78 is 5.47. The Bertz CT molecular complexity index is 199. The molecule has 0 bridgehead atoms. The molecule has 0 aliphatic carbocycles. The maximum absolute atomic E-state index is 9.95. The average Bonchev–Trinajstić information content (AvgIpc) is 2.60. The van der Waals surface area contributed by atoms with Crippen LogP contribution >= 0.6 is 0 Å². The van der Waals surface area contributed by atoms with Crippen LogP contribution in [-0.4, -0.2) is 49.0 Å². The Hall–Kier alpha value is -0.120. The zero-order valence-corrected chi connectivity index (χ0v) is 12.2. The van der Waals surface area contributed by atoms with Gasteiger partial charge in [-0.1, -0.05) is 26.7 Å². The minimum atomic E-state index is -0.319. The molecule has 1 saturated heterocycles. The zero-order valence-electron chi connectivity index (χ0n) is 12.2. The van der Waals surface area contributed by atoms with Gasteiger partial charge in [0, 0.05) is 13.2 Å². The largest absolute Gasteiger partial charge is 0.389 e. The normalized spacial score (nSPS) is 23.8. The molecule has 0 saturated carbocycles. The van der Waals surface area contributed by atoms with E-state index < -0.39 is 0 Å². The number of nitrogens with zero attached hydrogens (tertiary/aromatic N) is 1. The Morgan fingerprint density at radius 3 is 2.83 bits per heavy atom. The van der Waals surface area contributed by atoms with Crippen LogP contribution in [0.15, 0.2) is 0 Å². The third-order valence-electron chi connectivity index (χ3n) is 3.94. The highest BCUT2D eigenvalue weighted by Crippen LogP contribution is 2.20. The van der Waals surface area contributed by atoms with Crippen molar-refractivity contribution in [2.45, 2.75) is 58.5 Å². The second-order valence-corrected chi connectivity index (χ2v) is 5.59. The zero-order chi connectivity index (χ0) is 13.2. The molecule has 1 rings (SSSR count). The molecule has 0 amide bonds. The summed E-state index contributed by atoms with van der Waals surface area (Å²) in [5.41, 5.74) is 0. The maximum Gasteiger partial charge on any atom is 0.0900 e. The summed E-state index contributed by atoms with van der Waals surface area (Å²) in [5.74, 6) is 0.896. The highest BCUT2D eigenvalue weighted by molar-refractivity contribution is 4.71. The molecule has 0 aromatic rings. The first-order chi connectivity index (χ1) is 8.76. The number of aliphatic hydroxyl groups is 1. The molecular weight excluding hydrogens is 226 g/mol. The summed E-state index contributed by atoms with van der Waals surface area (Å²) >= 11 is 0. The minimum absolute atomic E-state index is 0.319. The topological polar surface area (TPSA) is 32.7 Å². The Balaban J connectivity index is 2.12. The van der Waals surface area contributed by atoms with Gasteiger partial charge in [-0.3, -0.25) is 0 Å². The van der Waals surface area contributed by atoms with E-state index in [-0.39, 0.29) is 6.10 Å². The maximum atomic E-state index is 9.95. The van der Waals surface area contributed by atoms with Crippen molar-refractivity contribution in [2.24, 2.45) is 5.92 Å². The van der Waals surface area contributed by atoms with E-state index in [1.807, 2.05) is 0 Å². The van der Waals surface area contributed by atoms with Crippen LogP contribution < -0.4 is 0 Å². The molecule has 18 heavy (non-hydrogen) atoms. The molecule has 0 spiro atoms. The van der Waals surface area contributed by atoms with Crippen LogP contribution in [0.1, 0.15) is 52.4 Å². The second-order valence-electron chi connectivity index (χ2n) is 5.59. The van der Waals surface area contributed by atoms with Crippen molar-refractivity contribution < 1.29 is 9.84 Å². The summed E-state index contributed by atoms with van der Waals surface area (Å²) in [7, 11) is 0. The van der Waals surface area contributed by atoms with E-state index >= 15 is 0 Å². The number of ether oxygens (including phenoxy) is 1. The molecule has 3 heteroatoms. The second kappa shape index (κ2) is 9.76. The van der Waals surface area contributed by atoms with Gasteiger partial charge in [0.15, 0.2) is 0 Å². The van der Waals surface area contributed by atoms with Crippen molar-refractivity contribution in [3.63, 3.8) is 0 Å². The first kappa shape index (κ1) is 15.9. The van der Waals surface area contributed by atoms with Gasteiger partial charge in [-0.15, -0.1) is 0 Å². The van der Waals surface area contributed by atoms with Crippen LogP contribution in [0, 0.1) is 5.92 Å². The van der Waals surface area contributed by atoms with Gasteiger partial charge in [0.1, 0.15) is 0 Å². The lowest BCUT2D eigenvalue weighted by molar-refractivity contribution is 0.0162. The van der Waals surface area contributed by atoms with Crippen LogP contribution in [0.25, 0.3) is 0 Å². The molecule has 1 heterocycles. The summed E-state index contributed by atoms with van der Waals surface area (Å²) in [6.07, 6.45) is 7.16. The summed E-state index contributed by atoms with van der Waals surface area (Å²) in [4.78, 5) is 2.41. The lowest BCUT2D eigenvalue weighted by atomic mass is 9.98. The Labute approximate surface area is 113 Å². The van der Waals surface area contributed by atoms with Crippen molar-refractivity contribution in [1.82, 2.24) is 4.90 Å². The van der Waals surface area contributed by atoms with Crippen molar-refractivity contribution in [2.75, 3.05) is 32.8 Å². The van der Waals surface area contributed by atoms with Gasteiger partial charge >= 0.3 is 0 Å². The van der Waals surface area contributed by atoms with Gasteiger partial charge in [-0.25, -0.2) is 0 Å². The first-order valence-electron chi connectivity index (χ1n) is 7.74. The molecule has 1 aliphatic heterocycles. The van der Waals surface area contributed by atoms with E-state index in [4.69, 9.17) is 4.74 Å². The first-order valence-corrected chi connectivity index (χ1v) is 7.74. The van der Waals surface area contributed by atoms with E-state index in [1.54, 1.807) is 0 Å². The highest BCUT2D eigenvalue weighted by atomic mass is 16.5. The Kier molecular flexibility index (Phi) is 8.64. The summed E-state index contributed by atoms with van der Waals surface area (Å²) in [6, 6.07) is 0. The monoisotopic (exact) mass is 257 g/mol. The minimum Gasteiger partial charge on any atom is -0.389 e. The van der Waals surface area contributed by atoms with E-state index in [0.717, 1.165) is 45.0 Å². The van der Waals surface area contributed by atoms with Gasteiger partial charge in [0.25, 0.3) is 0 Å². The highest BCUT2D eigenvalue weighted by Gasteiger charge is 2.17. The SMILES string of the molecule is CCCCOCC(O)CN1CCCC(CC)CC1. The molecule has 0 radical (unpaired) electrons. The standard InChI is InChI=1S/C15H31NO2/c1-3-5-11-18-13-15(17)12-16-9-6-7-14(4-2)8-10-16/h14-15,17H,3-13H2,1-2H3. The number of likely N-dealkylation sites (tertiary alicyclic amines) is 1. The summed E-state index contributed by atoms with van der Waals surface area (Å²) in [6.45, 7) is 8.78. The number of hydrogen-bond acceptors (Lipinski definition) is 3. The van der Waals surface area contributed by atoms with Crippen molar-refractivity contribution in [3.05, 3.63) is 0 Å². The van der Waals surface area contributed by atoms with E-state index in [0.29, 0.717) is 6.61 Å². The smallest absolute Gasteiger partial charge is 0.0900 e. The third kappa shape index (κ3) is 6.72. The number of rotatable bonds is 8. The van der Waals surface area contributed by atoms with Crippen molar-refractivity contribution in [3.8, 4) is 0 Å². The van der Waals surface area contributed by atoms with E-state index in [9.17, 15) is 5.11 Å². The molecule has 2 atom stereocenters. The fourth-order valence-corrected chi connectivity index (χ4v) is 2.63. The molecule has 108 valence electrons. The van der Waals surface area contributed by atoms with Crippen LogP contribution in [0.4, 0.5) is 0 Å². The Morgan fingerprint density at radius 1 is 1.28 bits per heavy atom. The van der Waals surface area contributed by atoms with Crippen LogP contribution in [0.5, 0.6) is 0 Å². The molecule has 2 unspecified atom stereocenters. The fourth-order valence-electron chi connectivity index (χ4n) is 2.63. The van der Waals surface area contributed by atoms with Gasteiger partial charge in [-0.2, -0.15) is 0 Å². The molecule has 0 aromatic carbocycles.